The minimum atomic E-state index is -0.400. The third-order valence-corrected chi connectivity index (χ3v) is 4.36. The molecule has 1 aromatic carbocycles. The number of aromatic nitrogens is 3. The lowest BCUT2D eigenvalue weighted by Crippen LogP contribution is -2.13. The molecular weight excluding hydrogens is 403 g/mol. The normalized spacial score (nSPS) is 10.6. The summed E-state index contributed by atoms with van der Waals surface area (Å²) < 4.78 is 24.5. The summed E-state index contributed by atoms with van der Waals surface area (Å²) in [5.41, 5.74) is 13.3. The number of nitrogens with one attached hydrogen (secondary N) is 1. The largest absolute Gasteiger partial charge is 0.474 e. The molecule has 0 aliphatic rings. The fraction of sp³-hybridized carbons (Fsp3) is 0.238. The van der Waals surface area contributed by atoms with Crippen LogP contribution in [-0.2, 0) is 17.7 Å². The van der Waals surface area contributed by atoms with Crippen LogP contribution in [0.3, 0.4) is 0 Å². The molecule has 162 valence electrons. The van der Waals surface area contributed by atoms with Gasteiger partial charge in [0.15, 0.2) is 11.6 Å². The maximum absolute atomic E-state index is 14.2. The van der Waals surface area contributed by atoms with Gasteiger partial charge < -0.3 is 26.3 Å². The molecule has 0 spiro atoms. The molecule has 0 aliphatic carbocycles. The van der Waals surface area contributed by atoms with Crippen molar-refractivity contribution in [3.05, 3.63) is 65.4 Å². The van der Waals surface area contributed by atoms with Gasteiger partial charge in [-0.25, -0.2) is 14.4 Å². The predicted octanol–water partition coefficient (Wildman–Crippen LogP) is 2.24. The number of halogens is 1. The van der Waals surface area contributed by atoms with Gasteiger partial charge in [0.2, 0.25) is 5.88 Å². The molecule has 5 N–H and O–H groups in total. The number of ketones is 1. The Kier molecular flexibility index (Phi) is 7.28. The number of ether oxygens (including phenoxy) is 2. The van der Waals surface area contributed by atoms with Crippen molar-refractivity contribution in [3.63, 3.8) is 0 Å². The van der Waals surface area contributed by atoms with Gasteiger partial charge in [0.25, 0.3) is 0 Å². The van der Waals surface area contributed by atoms with Gasteiger partial charge >= 0.3 is 0 Å². The minimum absolute atomic E-state index is 0.00886. The van der Waals surface area contributed by atoms with E-state index in [1.807, 2.05) is 0 Å². The zero-order chi connectivity index (χ0) is 22.2. The number of nitrogens with two attached hydrogens (primary N) is 2. The van der Waals surface area contributed by atoms with Gasteiger partial charge in [-0.3, -0.25) is 4.79 Å². The molecule has 3 rings (SSSR count). The molecule has 0 fully saturated rings. The second kappa shape index (κ2) is 10.3. The van der Waals surface area contributed by atoms with Gasteiger partial charge in [0.1, 0.15) is 23.9 Å². The maximum atomic E-state index is 14.2. The molecule has 9 nitrogen and oxygen atoms in total. The highest BCUT2D eigenvalue weighted by atomic mass is 19.1. The quantitative estimate of drug-likeness (QED) is 0.329. The average Bonchev–Trinajstić information content (AvgIpc) is 2.75. The van der Waals surface area contributed by atoms with Crippen molar-refractivity contribution in [2.24, 2.45) is 0 Å². The lowest BCUT2D eigenvalue weighted by Gasteiger charge is -2.11. The van der Waals surface area contributed by atoms with Crippen LogP contribution in [0.5, 0.6) is 5.88 Å². The third-order valence-electron chi connectivity index (χ3n) is 4.36. The van der Waals surface area contributed by atoms with Crippen molar-refractivity contribution in [2.45, 2.75) is 13.0 Å². The van der Waals surface area contributed by atoms with Crippen LogP contribution in [-0.4, -0.2) is 41.1 Å². The number of rotatable bonds is 10. The standard InChI is InChI=1S/C21H23FN6O3/c1-30-7-8-31-18-12-27-19(21(24)28-18)17(29)10-13-4-5-15(22)14(9-13)11-26-16-3-2-6-25-20(16)23/h2-6,9,12,26H,7-8,10-11H2,1H3,(H2,23,25)(H2,24,28). The monoisotopic (exact) mass is 426 g/mol. The van der Waals surface area contributed by atoms with Crippen LogP contribution in [0.2, 0.25) is 0 Å². The average molecular weight is 426 g/mol. The van der Waals surface area contributed by atoms with E-state index < -0.39 is 5.82 Å². The van der Waals surface area contributed by atoms with Crippen LogP contribution in [0.15, 0.2) is 42.7 Å². The Balaban J connectivity index is 1.67. The molecule has 0 saturated carbocycles. The molecule has 0 radical (unpaired) electrons. The first-order valence-electron chi connectivity index (χ1n) is 9.47. The summed E-state index contributed by atoms with van der Waals surface area (Å²) in [6.07, 6.45) is 2.89. The highest BCUT2D eigenvalue weighted by Gasteiger charge is 2.16. The molecule has 0 bridgehead atoms. The van der Waals surface area contributed by atoms with Gasteiger partial charge in [-0.2, -0.15) is 4.98 Å². The van der Waals surface area contributed by atoms with Crippen LogP contribution >= 0.6 is 0 Å². The molecule has 31 heavy (non-hydrogen) atoms. The zero-order valence-electron chi connectivity index (χ0n) is 17.0. The third kappa shape index (κ3) is 5.86. The van der Waals surface area contributed by atoms with E-state index in [9.17, 15) is 9.18 Å². The Labute approximate surface area is 178 Å². The van der Waals surface area contributed by atoms with Crippen molar-refractivity contribution in [3.8, 4) is 5.88 Å². The number of methoxy groups -OCH3 is 1. The topological polar surface area (TPSA) is 138 Å². The number of benzene rings is 1. The smallest absolute Gasteiger partial charge is 0.234 e. The van der Waals surface area contributed by atoms with Gasteiger partial charge in [-0.15, -0.1) is 0 Å². The van der Waals surface area contributed by atoms with Crippen molar-refractivity contribution >= 4 is 23.1 Å². The second-order valence-electron chi connectivity index (χ2n) is 6.60. The number of Topliss-reactive ketones (excluding diaryl/α,β-unsaturated/α-hetero) is 1. The van der Waals surface area contributed by atoms with E-state index in [1.54, 1.807) is 37.6 Å². The number of hydrogen-bond acceptors (Lipinski definition) is 9. The number of pyridine rings is 1. The SMILES string of the molecule is COCCOc1cnc(C(=O)Cc2ccc(F)c(CNc3cccnc3N)c2)c(N)n1. The fourth-order valence-corrected chi connectivity index (χ4v) is 2.80. The second-order valence-corrected chi connectivity index (χ2v) is 6.60. The summed E-state index contributed by atoms with van der Waals surface area (Å²) in [6.45, 7) is 0.853. The van der Waals surface area contributed by atoms with E-state index >= 15 is 0 Å². The lowest BCUT2D eigenvalue weighted by atomic mass is 10.0. The first-order valence-corrected chi connectivity index (χ1v) is 9.47. The van der Waals surface area contributed by atoms with E-state index in [1.165, 1.54) is 12.3 Å². The summed E-state index contributed by atoms with van der Waals surface area (Å²) in [4.78, 5) is 24.7. The Hall–Kier alpha value is -3.79. The summed E-state index contributed by atoms with van der Waals surface area (Å²) in [5.74, 6) is -0.247. The van der Waals surface area contributed by atoms with E-state index in [-0.39, 0.29) is 42.7 Å². The molecular formula is C21H23FN6O3. The molecule has 0 saturated heterocycles. The number of hydrogen-bond donors (Lipinski definition) is 3. The Morgan fingerprint density at radius 2 is 2.00 bits per heavy atom. The van der Waals surface area contributed by atoms with Gasteiger partial charge in [0.05, 0.1) is 18.5 Å². The summed E-state index contributed by atoms with van der Waals surface area (Å²) in [7, 11) is 1.55. The summed E-state index contributed by atoms with van der Waals surface area (Å²) >= 11 is 0. The summed E-state index contributed by atoms with van der Waals surface area (Å²) in [6, 6.07) is 7.94. The van der Waals surface area contributed by atoms with E-state index in [0.717, 1.165) is 0 Å². The van der Waals surface area contributed by atoms with E-state index in [4.69, 9.17) is 20.9 Å². The number of carbonyl (C=O) groups is 1. The Morgan fingerprint density at radius 3 is 2.74 bits per heavy atom. The number of nitrogen functional groups attached to an aromatic ring is 2. The molecule has 0 aliphatic heterocycles. The van der Waals surface area contributed by atoms with Crippen molar-refractivity contribution < 1.29 is 18.7 Å². The molecule has 0 amide bonds. The van der Waals surface area contributed by atoms with Crippen LogP contribution < -0.4 is 21.5 Å². The van der Waals surface area contributed by atoms with Gasteiger partial charge in [-0.1, -0.05) is 12.1 Å². The van der Waals surface area contributed by atoms with Gasteiger partial charge in [-0.05, 0) is 23.8 Å². The molecule has 3 aromatic rings. The highest BCUT2D eigenvalue weighted by molar-refractivity contribution is 5.99. The maximum Gasteiger partial charge on any atom is 0.234 e. The molecule has 2 aromatic heterocycles. The lowest BCUT2D eigenvalue weighted by molar-refractivity contribution is 0.0988. The van der Waals surface area contributed by atoms with Crippen LogP contribution in [0.25, 0.3) is 0 Å². The van der Waals surface area contributed by atoms with Crippen molar-refractivity contribution in [1.29, 1.82) is 0 Å². The first-order chi connectivity index (χ1) is 15.0. The highest BCUT2D eigenvalue weighted by Crippen LogP contribution is 2.19. The zero-order valence-corrected chi connectivity index (χ0v) is 17.0. The van der Waals surface area contributed by atoms with Crippen molar-refractivity contribution in [2.75, 3.05) is 37.1 Å². The molecule has 0 atom stereocenters. The van der Waals surface area contributed by atoms with Gasteiger partial charge in [0, 0.05) is 31.8 Å². The molecule has 2 heterocycles. The van der Waals surface area contributed by atoms with Crippen LogP contribution in [0.4, 0.5) is 21.7 Å². The van der Waals surface area contributed by atoms with E-state index in [2.05, 4.69) is 20.3 Å². The van der Waals surface area contributed by atoms with Crippen LogP contribution in [0, 0.1) is 5.82 Å². The number of carbonyl (C=O) groups excluding carboxylic acids is 1. The summed E-state index contributed by atoms with van der Waals surface area (Å²) in [5, 5.41) is 3.04. The number of anilines is 3. The first kappa shape index (κ1) is 21.9. The van der Waals surface area contributed by atoms with Crippen molar-refractivity contribution in [1.82, 2.24) is 15.0 Å². The number of nitrogens with zero attached hydrogens (tertiary/aromatic N) is 3. The Bertz CT molecular complexity index is 1060. The Morgan fingerprint density at radius 1 is 1.16 bits per heavy atom. The fourth-order valence-electron chi connectivity index (χ4n) is 2.80. The van der Waals surface area contributed by atoms with E-state index in [0.29, 0.717) is 29.2 Å². The molecule has 10 heteroatoms. The minimum Gasteiger partial charge on any atom is -0.474 e. The van der Waals surface area contributed by atoms with Crippen LogP contribution in [0.1, 0.15) is 21.6 Å². The predicted molar refractivity (Wildman–Crippen MR) is 114 cm³/mol. The molecule has 0 unspecified atom stereocenters.